The minimum absolute atomic E-state index is 0.0748. The summed E-state index contributed by atoms with van der Waals surface area (Å²) in [4.78, 5) is 24.1. The summed E-state index contributed by atoms with van der Waals surface area (Å²) >= 11 is 0. The summed E-state index contributed by atoms with van der Waals surface area (Å²) in [5.41, 5.74) is 3.60. The summed E-state index contributed by atoms with van der Waals surface area (Å²) < 4.78 is 6.04. The van der Waals surface area contributed by atoms with Crippen LogP contribution < -0.4 is 4.74 Å². The highest BCUT2D eigenvalue weighted by atomic mass is 16.5. The van der Waals surface area contributed by atoms with E-state index >= 15 is 0 Å². The Balaban J connectivity index is 1.39. The van der Waals surface area contributed by atoms with Gasteiger partial charge in [0.15, 0.2) is 12.4 Å². The molecule has 5 rings (SSSR count). The highest BCUT2D eigenvalue weighted by Crippen LogP contribution is 2.59. The molecule has 2 aromatic carbocycles. The number of Topliss-reactive ketones (excluding diaryl/α,β-unsaturated/α-hetero) is 1. The van der Waals surface area contributed by atoms with E-state index in [2.05, 4.69) is 19.1 Å². The van der Waals surface area contributed by atoms with E-state index in [0.29, 0.717) is 23.5 Å². The zero-order valence-electron chi connectivity index (χ0n) is 17.0. The molecule has 1 unspecified atom stereocenters. The molecule has 0 saturated heterocycles. The Bertz CT molecular complexity index is 934. The largest absolute Gasteiger partial charge is 0.478 e. The van der Waals surface area contributed by atoms with E-state index in [1.807, 2.05) is 36.4 Å². The van der Waals surface area contributed by atoms with Gasteiger partial charge in [-0.3, -0.25) is 9.59 Å². The molecule has 29 heavy (non-hydrogen) atoms. The number of fused-ring (bicyclic) bond motifs is 5. The van der Waals surface area contributed by atoms with Gasteiger partial charge in [-0.1, -0.05) is 43.3 Å². The standard InChI is InChI=1S/C26H28O3/c1-26-14-13-21-20-10-8-19(29-24(16-27)17-5-3-2-4-6-17)15-18(20)7-9-22(21)23(26)11-12-25(26)28/h2-6,8,10,15-16,21-24H,7,9,11-14H2,1H3/t21-,22-,23+,24?,26+/m1/s1. The van der Waals surface area contributed by atoms with Crippen LogP contribution in [0, 0.1) is 17.3 Å². The Morgan fingerprint density at radius 2 is 1.90 bits per heavy atom. The second-order valence-electron chi connectivity index (χ2n) is 9.28. The molecule has 2 aromatic rings. The van der Waals surface area contributed by atoms with Crippen LogP contribution in [0.15, 0.2) is 48.5 Å². The normalized spacial score (nSPS) is 31.3. The number of rotatable bonds is 4. The summed E-state index contributed by atoms with van der Waals surface area (Å²) in [5, 5.41) is 0. The molecular weight excluding hydrogens is 360 g/mol. The van der Waals surface area contributed by atoms with Gasteiger partial charge in [0.1, 0.15) is 11.5 Å². The van der Waals surface area contributed by atoms with Crippen molar-refractivity contribution in [3.8, 4) is 5.75 Å². The molecule has 0 spiro atoms. The summed E-state index contributed by atoms with van der Waals surface area (Å²) in [6.45, 7) is 2.22. The molecule has 0 heterocycles. The third-order valence-electron chi connectivity index (χ3n) is 7.92. The van der Waals surface area contributed by atoms with Crippen LogP contribution in [0.2, 0.25) is 0 Å². The molecule has 3 nitrogen and oxygen atoms in total. The smallest absolute Gasteiger partial charge is 0.179 e. The molecule has 0 aromatic heterocycles. The average molecular weight is 389 g/mol. The maximum atomic E-state index is 12.5. The van der Waals surface area contributed by atoms with Gasteiger partial charge in [0.25, 0.3) is 0 Å². The molecule has 3 aliphatic rings. The summed E-state index contributed by atoms with van der Waals surface area (Å²) in [6.07, 6.45) is 6.46. The van der Waals surface area contributed by atoms with E-state index in [4.69, 9.17) is 4.74 Å². The van der Waals surface area contributed by atoms with Gasteiger partial charge in [-0.05, 0) is 78.7 Å². The van der Waals surface area contributed by atoms with E-state index in [1.54, 1.807) is 0 Å². The third kappa shape index (κ3) is 3.02. The zero-order chi connectivity index (χ0) is 20.0. The van der Waals surface area contributed by atoms with Gasteiger partial charge in [-0.25, -0.2) is 0 Å². The van der Waals surface area contributed by atoms with E-state index in [9.17, 15) is 9.59 Å². The second kappa shape index (κ2) is 7.12. The van der Waals surface area contributed by atoms with Gasteiger partial charge in [-0.2, -0.15) is 0 Å². The van der Waals surface area contributed by atoms with Crippen LogP contribution in [0.4, 0.5) is 0 Å². The van der Waals surface area contributed by atoms with Crippen molar-refractivity contribution in [2.45, 2.75) is 57.5 Å². The number of hydrogen-bond acceptors (Lipinski definition) is 3. The number of aryl methyl sites for hydroxylation is 1. The summed E-state index contributed by atoms with van der Waals surface area (Å²) in [6, 6.07) is 16.0. The van der Waals surface area contributed by atoms with Gasteiger partial charge >= 0.3 is 0 Å². The van der Waals surface area contributed by atoms with E-state index in [-0.39, 0.29) is 5.41 Å². The molecular formula is C26H28O3. The van der Waals surface area contributed by atoms with Crippen molar-refractivity contribution in [1.82, 2.24) is 0 Å². The SMILES string of the molecule is C[C@]12CC[C@@H]3c4ccc(OC(C=O)c5ccccc5)cc4CC[C@H]3[C@@H]1CCC2=O. The minimum atomic E-state index is -0.578. The number of benzene rings is 2. The predicted molar refractivity (Wildman–Crippen MR) is 112 cm³/mol. The van der Waals surface area contributed by atoms with Crippen LogP contribution in [-0.2, 0) is 16.0 Å². The van der Waals surface area contributed by atoms with E-state index < -0.39 is 6.10 Å². The van der Waals surface area contributed by atoms with Crippen molar-refractivity contribution in [2.75, 3.05) is 0 Å². The summed E-state index contributed by atoms with van der Waals surface area (Å²) in [5.74, 6) is 3.01. The molecule has 0 amide bonds. The maximum absolute atomic E-state index is 12.5. The number of carbonyl (C=O) groups is 2. The first-order valence-electron chi connectivity index (χ1n) is 10.9. The highest BCUT2D eigenvalue weighted by molar-refractivity contribution is 5.87. The van der Waals surface area contributed by atoms with Crippen molar-refractivity contribution in [3.05, 3.63) is 65.2 Å². The van der Waals surface area contributed by atoms with Crippen LogP contribution in [-0.4, -0.2) is 12.1 Å². The zero-order valence-corrected chi connectivity index (χ0v) is 17.0. The van der Waals surface area contributed by atoms with Crippen LogP contribution in [0.5, 0.6) is 5.75 Å². The Kier molecular flexibility index (Phi) is 4.57. The van der Waals surface area contributed by atoms with Crippen molar-refractivity contribution in [1.29, 1.82) is 0 Å². The molecule has 0 bridgehead atoms. The number of carbonyl (C=O) groups excluding carboxylic acids is 2. The average Bonchev–Trinajstić information content (AvgIpc) is 3.07. The van der Waals surface area contributed by atoms with Crippen LogP contribution in [0.25, 0.3) is 0 Å². The molecule has 0 N–H and O–H groups in total. The Labute approximate surface area is 172 Å². The molecule has 2 saturated carbocycles. The van der Waals surface area contributed by atoms with E-state index in [0.717, 1.165) is 56.1 Å². The molecule has 3 aliphatic carbocycles. The number of ketones is 1. The molecule has 2 fully saturated rings. The predicted octanol–water partition coefficient (Wildman–Crippen LogP) is 5.43. The maximum Gasteiger partial charge on any atom is 0.179 e. The third-order valence-corrected chi connectivity index (χ3v) is 7.92. The summed E-state index contributed by atoms with van der Waals surface area (Å²) in [7, 11) is 0. The van der Waals surface area contributed by atoms with Gasteiger partial charge in [0.2, 0.25) is 0 Å². The fourth-order valence-electron chi connectivity index (χ4n) is 6.37. The molecule has 3 heteroatoms. The molecule has 0 radical (unpaired) electrons. The lowest BCUT2D eigenvalue weighted by molar-refractivity contribution is -0.129. The number of hydrogen-bond donors (Lipinski definition) is 0. The Morgan fingerprint density at radius 1 is 1.07 bits per heavy atom. The first-order valence-corrected chi connectivity index (χ1v) is 10.9. The van der Waals surface area contributed by atoms with Crippen molar-refractivity contribution < 1.29 is 14.3 Å². The Morgan fingerprint density at radius 3 is 2.69 bits per heavy atom. The lowest BCUT2D eigenvalue weighted by Gasteiger charge is -2.48. The topological polar surface area (TPSA) is 43.4 Å². The first kappa shape index (κ1) is 18.6. The molecule has 150 valence electrons. The van der Waals surface area contributed by atoms with Gasteiger partial charge in [0, 0.05) is 11.8 Å². The van der Waals surface area contributed by atoms with Gasteiger partial charge < -0.3 is 4.74 Å². The second-order valence-corrected chi connectivity index (χ2v) is 9.28. The van der Waals surface area contributed by atoms with Gasteiger partial charge in [0.05, 0.1) is 0 Å². The van der Waals surface area contributed by atoms with E-state index in [1.165, 1.54) is 11.1 Å². The minimum Gasteiger partial charge on any atom is -0.478 e. The van der Waals surface area contributed by atoms with Gasteiger partial charge in [-0.15, -0.1) is 0 Å². The first-order chi connectivity index (χ1) is 14.1. The van der Waals surface area contributed by atoms with Crippen molar-refractivity contribution in [3.63, 3.8) is 0 Å². The highest BCUT2D eigenvalue weighted by Gasteiger charge is 2.54. The van der Waals surface area contributed by atoms with Crippen molar-refractivity contribution in [2.24, 2.45) is 17.3 Å². The van der Waals surface area contributed by atoms with Crippen LogP contribution in [0.1, 0.15) is 67.7 Å². The fraction of sp³-hybridized carbons (Fsp3) is 0.462. The fourth-order valence-corrected chi connectivity index (χ4v) is 6.37. The van der Waals surface area contributed by atoms with Crippen LogP contribution in [0.3, 0.4) is 0 Å². The number of ether oxygens (including phenoxy) is 1. The van der Waals surface area contributed by atoms with Crippen LogP contribution >= 0.6 is 0 Å². The quantitative estimate of drug-likeness (QED) is 0.656. The lowest BCUT2D eigenvalue weighted by Crippen LogP contribution is -2.42. The lowest BCUT2D eigenvalue weighted by atomic mass is 9.55. The Hall–Kier alpha value is -2.42. The van der Waals surface area contributed by atoms with Crippen molar-refractivity contribution >= 4 is 12.1 Å². The molecule has 0 aliphatic heterocycles. The monoisotopic (exact) mass is 388 g/mol. The number of aldehydes is 1. The molecule has 5 atom stereocenters.